The Morgan fingerprint density at radius 2 is 1.75 bits per heavy atom. The van der Waals surface area contributed by atoms with Crippen LogP contribution in [-0.2, 0) is 9.59 Å². The molecule has 4 heteroatoms. The Hall–Kier alpha value is -0.900. The van der Waals surface area contributed by atoms with E-state index in [1.807, 2.05) is 27.7 Å². The maximum absolute atomic E-state index is 11.8. The van der Waals surface area contributed by atoms with Crippen LogP contribution in [0.4, 0.5) is 0 Å². The second kappa shape index (κ2) is 4.95. The van der Waals surface area contributed by atoms with E-state index in [0.717, 1.165) is 0 Å². The van der Waals surface area contributed by atoms with Gasteiger partial charge in [-0.15, -0.1) is 0 Å². The zero-order valence-corrected chi connectivity index (χ0v) is 10.7. The van der Waals surface area contributed by atoms with Crippen molar-refractivity contribution in [2.75, 3.05) is 13.1 Å². The van der Waals surface area contributed by atoms with Crippen molar-refractivity contribution >= 4 is 11.8 Å². The maximum Gasteiger partial charge on any atom is 0.229 e. The lowest BCUT2D eigenvalue weighted by Gasteiger charge is -2.34. The average molecular weight is 226 g/mol. The quantitative estimate of drug-likeness (QED) is 0.732. The van der Waals surface area contributed by atoms with Gasteiger partial charge >= 0.3 is 0 Å². The first-order valence-corrected chi connectivity index (χ1v) is 5.88. The van der Waals surface area contributed by atoms with Gasteiger partial charge in [0.25, 0.3) is 0 Å². The summed E-state index contributed by atoms with van der Waals surface area (Å²) in [5.41, 5.74) is -0.170. The lowest BCUT2D eigenvalue weighted by molar-refractivity contribution is -0.152. The Bertz CT molecular complexity index is 265. The lowest BCUT2D eigenvalue weighted by atomic mass is 9.82. The molecule has 1 N–H and O–H groups in total. The van der Waals surface area contributed by atoms with Crippen molar-refractivity contribution in [3.05, 3.63) is 0 Å². The van der Waals surface area contributed by atoms with E-state index in [2.05, 4.69) is 5.32 Å². The van der Waals surface area contributed by atoms with E-state index >= 15 is 0 Å². The largest absolute Gasteiger partial charge is 0.313 e. The Balaban J connectivity index is 2.48. The first-order valence-electron chi connectivity index (χ1n) is 5.88. The van der Waals surface area contributed by atoms with Crippen LogP contribution >= 0.6 is 0 Å². The van der Waals surface area contributed by atoms with Gasteiger partial charge in [0, 0.05) is 32.0 Å². The molecule has 92 valence electrons. The first-order chi connectivity index (χ1) is 7.32. The number of nitrogens with zero attached hydrogens (tertiary/aromatic N) is 1. The normalized spacial score (nSPS) is 20.7. The topological polar surface area (TPSA) is 49.4 Å². The molecule has 1 fully saturated rings. The van der Waals surface area contributed by atoms with E-state index in [-0.39, 0.29) is 17.2 Å². The van der Waals surface area contributed by atoms with E-state index in [1.54, 1.807) is 0 Å². The van der Waals surface area contributed by atoms with Crippen molar-refractivity contribution < 1.29 is 9.59 Å². The second-order valence-corrected chi connectivity index (χ2v) is 5.57. The van der Waals surface area contributed by atoms with E-state index in [1.165, 1.54) is 4.90 Å². The summed E-state index contributed by atoms with van der Waals surface area (Å²) < 4.78 is 0. The summed E-state index contributed by atoms with van der Waals surface area (Å²) in [5, 5.41) is 3.21. The lowest BCUT2D eigenvalue weighted by Crippen LogP contribution is -2.48. The number of imide groups is 1. The van der Waals surface area contributed by atoms with Crippen LogP contribution in [0.1, 0.15) is 40.5 Å². The van der Waals surface area contributed by atoms with Crippen molar-refractivity contribution in [1.82, 2.24) is 10.2 Å². The fourth-order valence-corrected chi connectivity index (χ4v) is 1.93. The standard InChI is InChI=1S/C12H22N2O2/c1-9(2)13-5-6-14-10(15)7-12(3,4)8-11(14)16/h9,13H,5-8H2,1-4H3. The molecule has 0 bridgehead atoms. The van der Waals surface area contributed by atoms with Crippen molar-refractivity contribution in [3.63, 3.8) is 0 Å². The maximum atomic E-state index is 11.8. The van der Waals surface area contributed by atoms with Gasteiger partial charge in [-0.3, -0.25) is 14.5 Å². The van der Waals surface area contributed by atoms with Gasteiger partial charge in [-0.1, -0.05) is 27.7 Å². The molecule has 1 heterocycles. The Morgan fingerprint density at radius 3 is 2.19 bits per heavy atom. The second-order valence-electron chi connectivity index (χ2n) is 5.57. The minimum absolute atomic E-state index is 0.0354. The molecule has 1 aliphatic heterocycles. The highest BCUT2D eigenvalue weighted by atomic mass is 16.2. The fraction of sp³-hybridized carbons (Fsp3) is 0.833. The summed E-state index contributed by atoms with van der Waals surface area (Å²) >= 11 is 0. The number of carbonyl (C=O) groups excluding carboxylic acids is 2. The van der Waals surface area contributed by atoms with Gasteiger partial charge in [0.05, 0.1) is 0 Å². The summed E-state index contributed by atoms with van der Waals surface area (Å²) in [6.07, 6.45) is 0.945. The summed E-state index contributed by atoms with van der Waals surface area (Å²) in [6.45, 7) is 9.19. The molecule has 1 aliphatic rings. The molecule has 1 rings (SSSR count). The van der Waals surface area contributed by atoms with Crippen molar-refractivity contribution in [3.8, 4) is 0 Å². The highest BCUT2D eigenvalue weighted by Crippen LogP contribution is 2.31. The van der Waals surface area contributed by atoms with Crippen LogP contribution in [0.25, 0.3) is 0 Å². The summed E-state index contributed by atoms with van der Waals surface area (Å²) in [7, 11) is 0. The molecule has 0 aromatic heterocycles. The fourth-order valence-electron chi connectivity index (χ4n) is 1.93. The number of likely N-dealkylation sites (tertiary alicyclic amines) is 1. The van der Waals surface area contributed by atoms with Gasteiger partial charge in [0.1, 0.15) is 0 Å². The van der Waals surface area contributed by atoms with Gasteiger partial charge < -0.3 is 5.32 Å². The molecule has 0 aromatic rings. The number of nitrogens with one attached hydrogen (secondary N) is 1. The van der Waals surface area contributed by atoms with Crippen LogP contribution in [0.5, 0.6) is 0 Å². The number of hydrogen-bond acceptors (Lipinski definition) is 3. The molecule has 0 aromatic carbocycles. The number of amides is 2. The van der Waals surface area contributed by atoms with Crippen LogP contribution in [0.15, 0.2) is 0 Å². The van der Waals surface area contributed by atoms with Gasteiger partial charge in [0.15, 0.2) is 0 Å². The highest BCUT2D eigenvalue weighted by molar-refractivity contribution is 5.98. The molecule has 2 amide bonds. The summed E-state index contributed by atoms with van der Waals surface area (Å²) in [6, 6.07) is 0.381. The molecule has 0 saturated carbocycles. The van der Waals surface area contributed by atoms with Crippen LogP contribution in [0, 0.1) is 5.41 Å². The Kier molecular flexibility index (Phi) is 4.08. The number of hydrogen-bond donors (Lipinski definition) is 1. The zero-order valence-electron chi connectivity index (χ0n) is 10.7. The molecule has 0 unspecified atom stereocenters. The van der Waals surface area contributed by atoms with Gasteiger partial charge in [-0.2, -0.15) is 0 Å². The smallest absolute Gasteiger partial charge is 0.229 e. The SMILES string of the molecule is CC(C)NCCN1C(=O)CC(C)(C)CC1=O. The molecule has 0 atom stereocenters. The third kappa shape index (κ3) is 3.59. The molecular formula is C12H22N2O2. The van der Waals surface area contributed by atoms with Gasteiger partial charge in [-0.25, -0.2) is 0 Å². The predicted molar refractivity (Wildman–Crippen MR) is 62.9 cm³/mol. The number of piperidine rings is 1. The van der Waals surface area contributed by atoms with Crippen LogP contribution in [0.2, 0.25) is 0 Å². The molecule has 1 saturated heterocycles. The third-order valence-electron chi connectivity index (χ3n) is 2.75. The molecule has 0 spiro atoms. The third-order valence-corrected chi connectivity index (χ3v) is 2.75. The van der Waals surface area contributed by atoms with E-state index in [9.17, 15) is 9.59 Å². The van der Waals surface area contributed by atoms with Crippen molar-refractivity contribution in [2.24, 2.45) is 5.41 Å². The molecule has 4 nitrogen and oxygen atoms in total. The molecular weight excluding hydrogens is 204 g/mol. The minimum Gasteiger partial charge on any atom is -0.313 e. The molecule has 0 radical (unpaired) electrons. The van der Waals surface area contributed by atoms with E-state index < -0.39 is 0 Å². The number of carbonyl (C=O) groups is 2. The summed E-state index contributed by atoms with van der Waals surface area (Å²) in [4.78, 5) is 24.9. The van der Waals surface area contributed by atoms with Crippen molar-refractivity contribution in [1.29, 1.82) is 0 Å². The summed E-state index contributed by atoms with van der Waals surface area (Å²) in [5.74, 6) is -0.0707. The van der Waals surface area contributed by atoms with Crippen LogP contribution in [-0.4, -0.2) is 35.8 Å². The Morgan fingerprint density at radius 1 is 1.25 bits per heavy atom. The Labute approximate surface area is 97.4 Å². The average Bonchev–Trinajstić information content (AvgIpc) is 2.07. The van der Waals surface area contributed by atoms with Gasteiger partial charge in [0.2, 0.25) is 11.8 Å². The van der Waals surface area contributed by atoms with Crippen LogP contribution < -0.4 is 5.32 Å². The monoisotopic (exact) mass is 226 g/mol. The van der Waals surface area contributed by atoms with Crippen molar-refractivity contribution in [2.45, 2.75) is 46.6 Å². The zero-order chi connectivity index (χ0) is 12.3. The number of rotatable bonds is 4. The minimum atomic E-state index is -0.170. The molecule has 16 heavy (non-hydrogen) atoms. The van der Waals surface area contributed by atoms with Crippen LogP contribution in [0.3, 0.4) is 0 Å². The first kappa shape index (κ1) is 13.2. The van der Waals surface area contributed by atoms with E-state index in [0.29, 0.717) is 32.0 Å². The van der Waals surface area contributed by atoms with E-state index in [4.69, 9.17) is 0 Å². The van der Waals surface area contributed by atoms with Gasteiger partial charge in [-0.05, 0) is 5.41 Å². The highest BCUT2D eigenvalue weighted by Gasteiger charge is 2.36. The predicted octanol–water partition coefficient (Wildman–Crippen LogP) is 1.16. The molecule has 0 aliphatic carbocycles.